The van der Waals surface area contributed by atoms with Gasteiger partial charge in [-0.2, -0.15) is 4.98 Å². The molecule has 3 unspecified atom stereocenters. The second kappa shape index (κ2) is 4.10. The maximum Gasteiger partial charge on any atom is 0.246 e. The van der Waals surface area contributed by atoms with Gasteiger partial charge in [-0.3, -0.25) is 4.79 Å². The Balaban J connectivity index is 1.54. The summed E-state index contributed by atoms with van der Waals surface area (Å²) in [5.74, 6) is 1.26. The molecule has 92 valence electrons. The average Bonchev–Trinajstić information content (AvgIpc) is 3.01. The summed E-state index contributed by atoms with van der Waals surface area (Å²) in [6, 6.07) is 0.908. The van der Waals surface area contributed by atoms with Crippen LogP contribution in [-0.4, -0.2) is 28.1 Å². The van der Waals surface area contributed by atoms with Crippen LogP contribution in [0.4, 0.5) is 0 Å². The predicted molar refractivity (Wildman–Crippen MR) is 58.9 cm³/mol. The molecule has 2 aliphatic heterocycles. The van der Waals surface area contributed by atoms with Gasteiger partial charge >= 0.3 is 0 Å². The Labute approximate surface area is 99.2 Å². The Hall–Kier alpha value is -1.43. The smallest absolute Gasteiger partial charge is 0.246 e. The van der Waals surface area contributed by atoms with Crippen molar-refractivity contribution in [2.75, 3.05) is 0 Å². The first-order valence-corrected chi connectivity index (χ1v) is 6.05. The van der Waals surface area contributed by atoms with Crippen LogP contribution >= 0.6 is 0 Å². The van der Waals surface area contributed by atoms with Crippen molar-refractivity contribution >= 4 is 5.91 Å². The molecule has 0 radical (unpaired) electrons. The molecule has 6 heteroatoms. The standard InChI is InChI=1S/C11H16N4O2/c1-6-13-10(17-15-6)5-12-11(16)8-4-7-2-3-9(8)14-7/h7-9,14H,2-5H2,1H3,(H,12,16). The molecule has 2 N–H and O–H groups in total. The Morgan fingerprint density at radius 2 is 2.47 bits per heavy atom. The number of nitrogens with zero attached hydrogens (tertiary/aromatic N) is 2. The van der Waals surface area contributed by atoms with Crippen LogP contribution in [0, 0.1) is 12.8 Å². The molecule has 3 rings (SSSR count). The summed E-state index contributed by atoms with van der Waals surface area (Å²) < 4.78 is 4.95. The lowest BCUT2D eigenvalue weighted by molar-refractivity contribution is -0.125. The molecule has 2 aliphatic rings. The van der Waals surface area contributed by atoms with Crippen molar-refractivity contribution in [3.63, 3.8) is 0 Å². The van der Waals surface area contributed by atoms with E-state index < -0.39 is 0 Å². The minimum atomic E-state index is 0.0977. The normalized spacial score (nSPS) is 30.8. The van der Waals surface area contributed by atoms with E-state index in [1.165, 1.54) is 6.42 Å². The number of aromatic nitrogens is 2. The lowest BCUT2D eigenvalue weighted by Gasteiger charge is -2.18. The van der Waals surface area contributed by atoms with Crippen molar-refractivity contribution in [2.24, 2.45) is 5.92 Å². The van der Waals surface area contributed by atoms with Gasteiger partial charge in [-0.05, 0) is 26.2 Å². The molecule has 1 aromatic rings. The van der Waals surface area contributed by atoms with Crippen molar-refractivity contribution in [1.82, 2.24) is 20.8 Å². The van der Waals surface area contributed by atoms with Gasteiger partial charge in [-0.15, -0.1) is 0 Å². The molecular formula is C11H16N4O2. The summed E-state index contributed by atoms with van der Waals surface area (Å²) in [7, 11) is 0. The highest BCUT2D eigenvalue weighted by Crippen LogP contribution is 2.33. The first-order valence-electron chi connectivity index (χ1n) is 6.05. The summed E-state index contributed by atoms with van der Waals surface area (Å²) in [4.78, 5) is 16.0. The van der Waals surface area contributed by atoms with Crippen LogP contribution in [0.5, 0.6) is 0 Å². The SMILES string of the molecule is Cc1noc(CNC(=O)C2CC3CCC2N3)n1. The minimum absolute atomic E-state index is 0.0977. The zero-order valence-electron chi connectivity index (χ0n) is 9.77. The molecule has 0 spiro atoms. The molecule has 1 amide bonds. The van der Waals surface area contributed by atoms with Gasteiger partial charge in [0.2, 0.25) is 11.8 Å². The van der Waals surface area contributed by atoms with Crippen molar-refractivity contribution in [3.8, 4) is 0 Å². The second-order valence-corrected chi connectivity index (χ2v) is 4.84. The van der Waals surface area contributed by atoms with Gasteiger partial charge in [0.15, 0.2) is 5.82 Å². The van der Waals surface area contributed by atoms with Crippen LogP contribution in [0.2, 0.25) is 0 Å². The molecule has 0 aliphatic carbocycles. The number of amides is 1. The molecule has 3 atom stereocenters. The number of rotatable bonds is 3. The van der Waals surface area contributed by atoms with Gasteiger partial charge in [0.05, 0.1) is 12.5 Å². The van der Waals surface area contributed by atoms with E-state index >= 15 is 0 Å². The number of carbonyl (C=O) groups excluding carboxylic acids is 1. The van der Waals surface area contributed by atoms with E-state index in [4.69, 9.17) is 4.52 Å². The maximum atomic E-state index is 12.0. The van der Waals surface area contributed by atoms with Crippen LogP contribution in [-0.2, 0) is 11.3 Å². The van der Waals surface area contributed by atoms with Crippen LogP contribution in [0.1, 0.15) is 31.0 Å². The largest absolute Gasteiger partial charge is 0.347 e. The average molecular weight is 236 g/mol. The number of nitrogens with one attached hydrogen (secondary N) is 2. The lowest BCUT2D eigenvalue weighted by atomic mass is 9.88. The van der Waals surface area contributed by atoms with Crippen LogP contribution < -0.4 is 10.6 Å². The Bertz CT molecular complexity index is 431. The summed E-state index contributed by atoms with van der Waals surface area (Å²) in [6.07, 6.45) is 3.28. The fourth-order valence-corrected chi connectivity index (χ4v) is 2.82. The molecule has 2 bridgehead atoms. The van der Waals surface area contributed by atoms with E-state index in [-0.39, 0.29) is 11.8 Å². The van der Waals surface area contributed by atoms with Crippen molar-refractivity contribution < 1.29 is 9.32 Å². The molecule has 0 aromatic carbocycles. The van der Waals surface area contributed by atoms with E-state index in [9.17, 15) is 4.79 Å². The molecule has 0 saturated carbocycles. The fraction of sp³-hybridized carbons (Fsp3) is 0.727. The topological polar surface area (TPSA) is 80.0 Å². The van der Waals surface area contributed by atoms with Crippen molar-refractivity contribution in [2.45, 2.75) is 44.8 Å². The predicted octanol–water partition coefficient (Wildman–Crippen LogP) is 0.135. The molecule has 3 heterocycles. The number of aryl methyl sites for hydroxylation is 1. The van der Waals surface area contributed by atoms with E-state index in [0.717, 1.165) is 12.8 Å². The lowest BCUT2D eigenvalue weighted by Crippen LogP contribution is -2.37. The maximum absolute atomic E-state index is 12.0. The third-order valence-corrected chi connectivity index (χ3v) is 3.62. The summed E-state index contributed by atoms with van der Waals surface area (Å²) >= 11 is 0. The highest BCUT2D eigenvalue weighted by Gasteiger charge is 2.42. The Morgan fingerprint density at radius 3 is 3.06 bits per heavy atom. The molecule has 2 fully saturated rings. The summed E-state index contributed by atoms with van der Waals surface area (Å²) in [5.41, 5.74) is 0. The van der Waals surface area contributed by atoms with Crippen molar-refractivity contribution in [3.05, 3.63) is 11.7 Å². The van der Waals surface area contributed by atoms with Crippen molar-refractivity contribution in [1.29, 1.82) is 0 Å². The van der Waals surface area contributed by atoms with E-state index in [1.807, 2.05) is 0 Å². The zero-order valence-corrected chi connectivity index (χ0v) is 9.77. The monoisotopic (exact) mass is 236 g/mol. The fourth-order valence-electron chi connectivity index (χ4n) is 2.82. The highest BCUT2D eigenvalue weighted by molar-refractivity contribution is 5.80. The first-order chi connectivity index (χ1) is 8.22. The van der Waals surface area contributed by atoms with Gasteiger partial charge < -0.3 is 15.2 Å². The summed E-state index contributed by atoms with van der Waals surface area (Å²) in [6.45, 7) is 2.09. The Kier molecular flexibility index (Phi) is 2.58. The summed E-state index contributed by atoms with van der Waals surface area (Å²) in [5, 5.41) is 9.99. The number of hydrogen-bond acceptors (Lipinski definition) is 5. The van der Waals surface area contributed by atoms with Gasteiger partial charge in [0.25, 0.3) is 0 Å². The molecule has 2 saturated heterocycles. The minimum Gasteiger partial charge on any atom is -0.347 e. The van der Waals surface area contributed by atoms with E-state index in [1.54, 1.807) is 6.92 Å². The van der Waals surface area contributed by atoms with Crippen LogP contribution in [0.3, 0.4) is 0 Å². The molecule has 1 aromatic heterocycles. The van der Waals surface area contributed by atoms with Gasteiger partial charge in [0, 0.05) is 12.1 Å². The highest BCUT2D eigenvalue weighted by atomic mass is 16.5. The molecular weight excluding hydrogens is 220 g/mol. The Morgan fingerprint density at radius 1 is 1.59 bits per heavy atom. The first kappa shape index (κ1) is 10.7. The number of fused-ring (bicyclic) bond motifs is 2. The number of hydrogen-bond donors (Lipinski definition) is 2. The van der Waals surface area contributed by atoms with Gasteiger partial charge in [0.1, 0.15) is 0 Å². The van der Waals surface area contributed by atoms with Crippen LogP contribution in [0.15, 0.2) is 4.52 Å². The van der Waals surface area contributed by atoms with Gasteiger partial charge in [-0.1, -0.05) is 5.16 Å². The van der Waals surface area contributed by atoms with Gasteiger partial charge in [-0.25, -0.2) is 0 Å². The third kappa shape index (κ3) is 2.04. The second-order valence-electron chi connectivity index (χ2n) is 4.84. The third-order valence-electron chi connectivity index (χ3n) is 3.62. The molecule has 6 nitrogen and oxygen atoms in total. The van der Waals surface area contributed by atoms with E-state index in [0.29, 0.717) is 30.3 Å². The van der Waals surface area contributed by atoms with E-state index in [2.05, 4.69) is 20.8 Å². The quantitative estimate of drug-likeness (QED) is 0.780. The molecule has 17 heavy (non-hydrogen) atoms. The zero-order chi connectivity index (χ0) is 11.8. The van der Waals surface area contributed by atoms with Crippen LogP contribution in [0.25, 0.3) is 0 Å². The number of carbonyl (C=O) groups is 1.